The normalized spacial score (nSPS) is 15.6. The number of fused-ring (bicyclic) bond motifs is 1. The van der Waals surface area contributed by atoms with Gasteiger partial charge in [-0.1, -0.05) is 12.5 Å². The number of nitro groups is 1. The minimum atomic E-state index is -0.645. The largest absolute Gasteiger partial charge is 0.353 e. The quantitative estimate of drug-likeness (QED) is 0.250. The second kappa shape index (κ2) is 9.94. The van der Waals surface area contributed by atoms with Crippen molar-refractivity contribution >= 4 is 29.2 Å². The van der Waals surface area contributed by atoms with E-state index in [9.17, 15) is 24.5 Å². The number of rotatable bonds is 8. The molecule has 0 aliphatic carbocycles. The highest BCUT2D eigenvalue weighted by atomic mass is 16.6. The summed E-state index contributed by atoms with van der Waals surface area (Å²) in [4.78, 5) is 61.7. The third-order valence-electron chi connectivity index (χ3n) is 6.19. The summed E-state index contributed by atoms with van der Waals surface area (Å²) in [5, 5.41) is 11.2. The first-order chi connectivity index (χ1) is 16.4. The summed E-state index contributed by atoms with van der Waals surface area (Å²) in [6, 6.07) is 6.01. The lowest BCUT2D eigenvalue weighted by molar-refractivity contribution is -0.385. The molecular weight excluding hydrogens is 440 g/mol. The van der Waals surface area contributed by atoms with E-state index in [2.05, 4.69) is 14.9 Å². The first kappa shape index (κ1) is 23.3. The Balaban J connectivity index is 1.19. The molecule has 3 amide bonds. The molecule has 1 aromatic heterocycles. The summed E-state index contributed by atoms with van der Waals surface area (Å²) in [6.45, 7) is 4.80. The molecule has 3 heterocycles. The smallest absolute Gasteiger partial charge is 0.282 e. The van der Waals surface area contributed by atoms with Crippen molar-refractivity contribution in [3.8, 4) is 0 Å². The van der Waals surface area contributed by atoms with Crippen LogP contribution in [0.1, 0.15) is 52.1 Å². The first-order valence-corrected chi connectivity index (χ1v) is 11.3. The van der Waals surface area contributed by atoms with E-state index in [4.69, 9.17) is 0 Å². The highest BCUT2D eigenvalue weighted by Gasteiger charge is 2.40. The van der Waals surface area contributed by atoms with Crippen LogP contribution in [0.3, 0.4) is 0 Å². The van der Waals surface area contributed by atoms with Crippen molar-refractivity contribution in [2.45, 2.75) is 32.6 Å². The zero-order valence-electron chi connectivity index (χ0n) is 19.0. The van der Waals surface area contributed by atoms with Crippen molar-refractivity contribution in [3.05, 3.63) is 57.5 Å². The number of aryl methyl sites for hydroxylation is 1. The molecule has 11 nitrogen and oxygen atoms in total. The van der Waals surface area contributed by atoms with Crippen molar-refractivity contribution in [1.82, 2.24) is 19.8 Å². The van der Waals surface area contributed by atoms with Crippen LogP contribution < -0.4 is 4.90 Å². The predicted molar refractivity (Wildman–Crippen MR) is 122 cm³/mol. The Bertz CT molecular complexity index is 1130. The summed E-state index contributed by atoms with van der Waals surface area (Å²) >= 11 is 0. The van der Waals surface area contributed by atoms with Gasteiger partial charge >= 0.3 is 0 Å². The van der Waals surface area contributed by atoms with Crippen LogP contribution in [0.25, 0.3) is 0 Å². The molecule has 0 bridgehead atoms. The third kappa shape index (κ3) is 4.73. The highest BCUT2D eigenvalue weighted by molar-refractivity contribution is 6.23. The number of benzene rings is 1. The van der Waals surface area contributed by atoms with Gasteiger partial charge in [-0.05, 0) is 25.8 Å². The number of anilines is 1. The van der Waals surface area contributed by atoms with E-state index in [1.165, 1.54) is 18.2 Å². The van der Waals surface area contributed by atoms with Crippen LogP contribution in [0.4, 0.5) is 11.5 Å². The number of unbranched alkanes of at least 4 members (excludes halogenated alkanes) is 2. The van der Waals surface area contributed by atoms with Gasteiger partial charge in [0.05, 0.1) is 10.5 Å². The molecule has 178 valence electrons. The summed E-state index contributed by atoms with van der Waals surface area (Å²) < 4.78 is 0. The Morgan fingerprint density at radius 1 is 1.06 bits per heavy atom. The Morgan fingerprint density at radius 3 is 2.53 bits per heavy atom. The van der Waals surface area contributed by atoms with Crippen LogP contribution >= 0.6 is 0 Å². The van der Waals surface area contributed by atoms with Crippen molar-refractivity contribution in [1.29, 1.82) is 0 Å². The average Bonchev–Trinajstić information content (AvgIpc) is 3.08. The third-order valence-corrected chi connectivity index (χ3v) is 6.19. The second-order valence-corrected chi connectivity index (χ2v) is 8.41. The molecule has 1 saturated heterocycles. The molecule has 1 fully saturated rings. The number of imide groups is 1. The Labute approximate surface area is 196 Å². The Morgan fingerprint density at radius 2 is 1.82 bits per heavy atom. The number of hydrogen-bond acceptors (Lipinski definition) is 8. The number of amides is 3. The molecule has 34 heavy (non-hydrogen) atoms. The number of aromatic nitrogens is 2. The Hall–Kier alpha value is -3.89. The standard InChI is InChI=1S/C23H26N6O5/c1-16-14-19(25-15-24-16)26-10-12-27(13-11-26)20(30)8-3-2-4-9-28-22(31)17-6-5-7-18(29(33)34)21(17)23(28)32/h5-7,14-15H,2-4,8-13H2,1H3. The minimum absolute atomic E-state index is 0.0747. The summed E-state index contributed by atoms with van der Waals surface area (Å²) in [5.74, 6) is -0.162. The SMILES string of the molecule is Cc1cc(N2CCN(C(=O)CCCCCN3C(=O)c4cccc([N+](=O)[O-])c4C3=O)CC2)ncn1. The topological polar surface area (TPSA) is 130 Å². The first-order valence-electron chi connectivity index (χ1n) is 11.3. The van der Waals surface area contributed by atoms with E-state index in [1.807, 2.05) is 17.9 Å². The van der Waals surface area contributed by atoms with Gasteiger partial charge in [-0.2, -0.15) is 0 Å². The van der Waals surface area contributed by atoms with Crippen molar-refractivity contribution in [3.63, 3.8) is 0 Å². The second-order valence-electron chi connectivity index (χ2n) is 8.41. The van der Waals surface area contributed by atoms with Gasteiger partial charge in [0.1, 0.15) is 17.7 Å². The van der Waals surface area contributed by atoms with Gasteiger partial charge in [0.2, 0.25) is 5.91 Å². The zero-order valence-corrected chi connectivity index (χ0v) is 19.0. The van der Waals surface area contributed by atoms with Crippen LogP contribution in [0.2, 0.25) is 0 Å². The molecule has 11 heteroatoms. The minimum Gasteiger partial charge on any atom is -0.353 e. The van der Waals surface area contributed by atoms with Crippen molar-refractivity contribution < 1.29 is 19.3 Å². The lowest BCUT2D eigenvalue weighted by atomic mass is 10.1. The van der Waals surface area contributed by atoms with Gasteiger partial charge < -0.3 is 9.80 Å². The molecule has 2 aliphatic rings. The van der Waals surface area contributed by atoms with E-state index in [0.29, 0.717) is 51.9 Å². The van der Waals surface area contributed by atoms with Gasteiger partial charge in [-0.15, -0.1) is 0 Å². The maximum absolute atomic E-state index is 12.6. The van der Waals surface area contributed by atoms with Crippen LogP contribution in [0.15, 0.2) is 30.6 Å². The number of carbonyl (C=O) groups excluding carboxylic acids is 3. The van der Waals surface area contributed by atoms with E-state index < -0.39 is 16.7 Å². The van der Waals surface area contributed by atoms with Crippen LogP contribution in [0, 0.1) is 17.0 Å². The summed E-state index contributed by atoms with van der Waals surface area (Å²) in [6.07, 6.45) is 3.80. The Kier molecular flexibility index (Phi) is 6.80. The van der Waals surface area contributed by atoms with Crippen molar-refractivity contribution in [2.75, 3.05) is 37.6 Å². The van der Waals surface area contributed by atoms with Gasteiger partial charge in [-0.3, -0.25) is 29.4 Å². The molecule has 4 rings (SSSR count). The lowest BCUT2D eigenvalue weighted by Gasteiger charge is -2.35. The fraction of sp³-hybridized carbons (Fsp3) is 0.435. The van der Waals surface area contributed by atoms with Gasteiger partial charge in [0.15, 0.2) is 0 Å². The zero-order chi connectivity index (χ0) is 24.2. The number of nitro benzene ring substituents is 1. The fourth-order valence-corrected chi connectivity index (χ4v) is 4.35. The molecular formula is C23H26N6O5. The average molecular weight is 466 g/mol. The number of piperazine rings is 1. The molecule has 0 N–H and O–H groups in total. The number of carbonyl (C=O) groups is 3. The van der Waals surface area contributed by atoms with Crippen LogP contribution in [0.5, 0.6) is 0 Å². The summed E-state index contributed by atoms with van der Waals surface area (Å²) in [5.41, 5.74) is 0.497. The molecule has 1 aromatic carbocycles. The van der Waals surface area contributed by atoms with Gasteiger partial charge in [-0.25, -0.2) is 9.97 Å². The van der Waals surface area contributed by atoms with E-state index in [-0.39, 0.29) is 29.3 Å². The molecule has 2 aliphatic heterocycles. The van der Waals surface area contributed by atoms with Crippen LogP contribution in [-0.2, 0) is 4.79 Å². The van der Waals surface area contributed by atoms with Gasteiger partial charge in [0.25, 0.3) is 17.5 Å². The number of nitrogens with zero attached hydrogens (tertiary/aromatic N) is 6. The van der Waals surface area contributed by atoms with Crippen LogP contribution in [-0.4, -0.2) is 75.1 Å². The van der Waals surface area contributed by atoms with Crippen molar-refractivity contribution in [2.24, 2.45) is 0 Å². The molecule has 2 aromatic rings. The molecule has 0 atom stereocenters. The molecule has 0 saturated carbocycles. The maximum atomic E-state index is 12.6. The highest BCUT2D eigenvalue weighted by Crippen LogP contribution is 2.30. The van der Waals surface area contributed by atoms with E-state index in [0.717, 1.165) is 16.4 Å². The van der Waals surface area contributed by atoms with E-state index >= 15 is 0 Å². The predicted octanol–water partition coefficient (Wildman–Crippen LogP) is 2.20. The molecule has 0 unspecified atom stereocenters. The van der Waals surface area contributed by atoms with E-state index in [1.54, 1.807) is 6.33 Å². The lowest BCUT2D eigenvalue weighted by Crippen LogP contribution is -2.49. The monoisotopic (exact) mass is 466 g/mol. The van der Waals surface area contributed by atoms with Gasteiger partial charge in [0, 0.05) is 57.0 Å². The maximum Gasteiger partial charge on any atom is 0.282 e. The number of hydrogen-bond donors (Lipinski definition) is 0. The molecule has 0 radical (unpaired) electrons. The fourth-order valence-electron chi connectivity index (χ4n) is 4.35. The molecule has 0 spiro atoms. The summed E-state index contributed by atoms with van der Waals surface area (Å²) in [7, 11) is 0.